The smallest absolute Gasteiger partial charge is 0.271 e. The lowest BCUT2D eigenvalue weighted by atomic mass is 10.00. The Hall–Kier alpha value is -4.61. The molecule has 0 bridgehead atoms. The van der Waals surface area contributed by atoms with Crippen LogP contribution in [0.25, 0.3) is 17.4 Å². The van der Waals surface area contributed by atoms with Gasteiger partial charge in [-0.3, -0.25) is 4.79 Å². The lowest BCUT2D eigenvalue weighted by Crippen LogP contribution is -2.47. The maximum absolute atomic E-state index is 13.0. The molecule has 0 unspecified atom stereocenters. The van der Waals surface area contributed by atoms with Gasteiger partial charge >= 0.3 is 0 Å². The summed E-state index contributed by atoms with van der Waals surface area (Å²) in [6, 6.07) is 13.7. The Labute approximate surface area is 231 Å². The number of allylic oxidation sites excluding steroid dienone is 2. The average molecular weight is 557 g/mol. The molecule has 0 amide bonds. The zero-order valence-electron chi connectivity index (χ0n) is 22.1. The fourth-order valence-electron chi connectivity index (χ4n) is 4.30. The summed E-state index contributed by atoms with van der Waals surface area (Å²) >= 11 is 0. The number of rotatable bonds is 9. The number of anilines is 1. The second kappa shape index (κ2) is 11.2. The van der Waals surface area contributed by atoms with Gasteiger partial charge in [0.1, 0.15) is 17.7 Å². The van der Waals surface area contributed by atoms with E-state index in [9.17, 15) is 13.2 Å². The van der Waals surface area contributed by atoms with E-state index in [0.717, 1.165) is 5.69 Å². The predicted molar refractivity (Wildman–Crippen MR) is 155 cm³/mol. The van der Waals surface area contributed by atoms with Crippen molar-refractivity contribution in [1.82, 2.24) is 14.9 Å². The molecule has 1 aliphatic heterocycles. The summed E-state index contributed by atoms with van der Waals surface area (Å²) in [7, 11) is 0.102. The highest BCUT2D eigenvalue weighted by Gasteiger charge is 2.20. The van der Waals surface area contributed by atoms with Crippen LogP contribution < -0.4 is 25.6 Å². The third kappa shape index (κ3) is 5.70. The van der Waals surface area contributed by atoms with Crippen molar-refractivity contribution < 1.29 is 13.2 Å². The van der Waals surface area contributed by atoms with Gasteiger partial charge in [-0.05, 0) is 66.6 Å². The predicted octanol–water partition coefficient (Wildman–Crippen LogP) is 3.40. The van der Waals surface area contributed by atoms with Crippen LogP contribution in [0, 0.1) is 0 Å². The second-order valence-corrected chi connectivity index (χ2v) is 11.2. The van der Waals surface area contributed by atoms with Crippen LogP contribution in [0.15, 0.2) is 99.0 Å². The van der Waals surface area contributed by atoms with Gasteiger partial charge in [0.15, 0.2) is 0 Å². The SMILES string of the molecule is C=C/C(=C\C1=COC2=c3c1n[nH]c(=O)c3=CCC2)CNS(=O)(=O)c1ccc(/N=N/c2ccc(N(C)C)cc2)cc1. The fraction of sp³-hybridized carbons (Fsp3) is 0.172. The molecule has 0 saturated carbocycles. The average Bonchev–Trinajstić information content (AvgIpc) is 2.97. The summed E-state index contributed by atoms with van der Waals surface area (Å²) in [6.07, 6.45) is 8.10. The molecular formula is C29H28N6O4S. The van der Waals surface area contributed by atoms with Crippen LogP contribution in [-0.2, 0) is 14.8 Å². The zero-order chi connectivity index (χ0) is 28.3. The Morgan fingerprint density at radius 3 is 2.45 bits per heavy atom. The van der Waals surface area contributed by atoms with Gasteiger partial charge < -0.3 is 9.64 Å². The minimum atomic E-state index is -3.82. The minimum Gasteiger partial charge on any atom is -0.468 e. The molecule has 1 aliphatic carbocycles. The van der Waals surface area contributed by atoms with Gasteiger partial charge in [0.05, 0.1) is 26.7 Å². The van der Waals surface area contributed by atoms with E-state index in [1.165, 1.54) is 12.1 Å². The van der Waals surface area contributed by atoms with Gasteiger partial charge in [0.25, 0.3) is 5.56 Å². The minimum absolute atomic E-state index is 0.0121. The summed E-state index contributed by atoms with van der Waals surface area (Å²) in [4.78, 5) is 14.3. The summed E-state index contributed by atoms with van der Waals surface area (Å²) in [5.74, 6) is 0.703. The molecule has 2 heterocycles. The van der Waals surface area contributed by atoms with Crippen LogP contribution in [0.2, 0.25) is 0 Å². The molecule has 2 N–H and O–H groups in total. The van der Waals surface area contributed by atoms with Crippen LogP contribution in [0.4, 0.5) is 17.1 Å². The van der Waals surface area contributed by atoms with E-state index in [2.05, 4.69) is 31.7 Å². The van der Waals surface area contributed by atoms with Crippen LogP contribution in [0.3, 0.4) is 0 Å². The van der Waals surface area contributed by atoms with Crippen molar-refractivity contribution in [2.75, 3.05) is 25.5 Å². The van der Waals surface area contributed by atoms with Crippen molar-refractivity contribution in [1.29, 1.82) is 0 Å². The first kappa shape index (κ1) is 27.0. The van der Waals surface area contributed by atoms with Crippen molar-refractivity contribution in [3.05, 3.63) is 106 Å². The van der Waals surface area contributed by atoms with Crippen molar-refractivity contribution in [3.8, 4) is 0 Å². The Balaban J connectivity index is 1.28. The van der Waals surface area contributed by atoms with Gasteiger partial charge in [-0.25, -0.2) is 18.2 Å². The highest BCUT2D eigenvalue weighted by molar-refractivity contribution is 7.89. The molecule has 0 radical (unpaired) electrons. The highest BCUT2D eigenvalue weighted by atomic mass is 32.2. The monoisotopic (exact) mass is 556 g/mol. The molecule has 0 spiro atoms. The third-order valence-corrected chi connectivity index (χ3v) is 7.90. The number of aromatic nitrogens is 2. The van der Waals surface area contributed by atoms with E-state index in [4.69, 9.17) is 4.74 Å². The molecule has 0 fully saturated rings. The first-order valence-electron chi connectivity index (χ1n) is 12.6. The van der Waals surface area contributed by atoms with Gasteiger partial charge in [-0.2, -0.15) is 15.3 Å². The molecule has 2 aromatic carbocycles. The van der Waals surface area contributed by atoms with Gasteiger partial charge in [0, 0.05) is 38.3 Å². The Morgan fingerprint density at radius 2 is 1.80 bits per heavy atom. The Bertz CT molecular complexity index is 1840. The zero-order valence-corrected chi connectivity index (χ0v) is 22.9. The van der Waals surface area contributed by atoms with Gasteiger partial charge in [-0.15, -0.1) is 0 Å². The van der Waals surface area contributed by atoms with Crippen molar-refractivity contribution >= 4 is 44.5 Å². The van der Waals surface area contributed by atoms with Crippen molar-refractivity contribution in [2.45, 2.75) is 17.7 Å². The number of sulfonamides is 1. The topological polar surface area (TPSA) is 129 Å². The summed E-state index contributed by atoms with van der Waals surface area (Å²) < 4.78 is 34.3. The maximum atomic E-state index is 13.0. The number of ether oxygens (including phenoxy) is 1. The van der Waals surface area contributed by atoms with Gasteiger partial charge in [-0.1, -0.05) is 18.7 Å². The van der Waals surface area contributed by atoms with E-state index in [-0.39, 0.29) is 17.0 Å². The lowest BCUT2D eigenvalue weighted by Gasteiger charge is -2.18. The van der Waals surface area contributed by atoms with E-state index in [1.54, 1.807) is 30.5 Å². The number of hydrogen-bond donors (Lipinski definition) is 2. The van der Waals surface area contributed by atoms with E-state index in [0.29, 0.717) is 57.3 Å². The molecular weight excluding hydrogens is 528 g/mol. The second-order valence-electron chi connectivity index (χ2n) is 9.40. The number of hydrogen-bond acceptors (Lipinski definition) is 8. The molecule has 5 rings (SSSR count). The summed E-state index contributed by atoms with van der Waals surface area (Å²) in [5, 5.41) is 16.4. The molecule has 2 aliphatic rings. The molecule has 11 heteroatoms. The highest BCUT2D eigenvalue weighted by Crippen LogP contribution is 2.24. The molecule has 0 atom stereocenters. The first-order chi connectivity index (χ1) is 19.2. The largest absolute Gasteiger partial charge is 0.468 e. The molecule has 204 valence electrons. The van der Waals surface area contributed by atoms with Crippen LogP contribution in [-0.4, -0.2) is 39.3 Å². The summed E-state index contributed by atoms with van der Waals surface area (Å²) in [5.41, 5.74) is 3.77. The Morgan fingerprint density at radius 1 is 1.12 bits per heavy atom. The molecule has 10 nitrogen and oxygen atoms in total. The van der Waals surface area contributed by atoms with E-state index >= 15 is 0 Å². The van der Waals surface area contributed by atoms with Gasteiger partial charge in [0.2, 0.25) is 10.0 Å². The van der Waals surface area contributed by atoms with E-state index in [1.807, 2.05) is 49.3 Å². The van der Waals surface area contributed by atoms with Crippen LogP contribution >= 0.6 is 0 Å². The number of nitrogens with zero attached hydrogens (tertiary/aromatic N) is 4. The van der Waals surface area contributed by atoms with Crippen LogP contribution in [0.1, 0.15) is 18.5 Å². The number of nitrogens with one attached hydrogen (secondary N) is 2. The quantitative estimate of drug-likeness (QED) is 0.307. The standard InChI is InChI=1S/C29H28N6O4S/c1-4-19(16-20-18-39-26-7-5-6-25-27(26)28(20)33-34-29(25)36)17-30-40(37,38)24-14-10-22(11-15-24)32-31-21-8-12-23(13-9-21)35(2)3/h4,6,8-16,18,30H,1,5,7,17H2,2-3H3,(H,34,36)/b19-16+,32-31+. The van der Waals surface area contributed by atoms with Crippen molar-refractivity contribution in [2.24, 2.45) is 10.2 Å². The summed E-state index contributed by atoms with van der Waals surface area (Å²) in [6.45, 7) is 3.80. The molecule has 1 aromatic heterocycles. The lowest BCUT2D eigenvalue weighted by molar-refractivity contribution is 0.407. The van der Waals surface area contributed by atoms with Crippen molar-refractivity contribution in [3.63, 3.8) is 0 Å². The maximum Gasteiger partial charge on any atom is 0.271 e. The van der Waals surface area contributed by atoms with Crippen LogP contribution in [0.5, 0.6) is 0 Å². The molecule has 0 saturated heterocycles. The molecule has 3 aromatic rings. The van der Waals surface area contributed by atoms with E-state index < -0.39 is 10.0 Å². The number of benzene rings is 2. The fourth-order valence-corrected chi connectivity index (χ4v) is 5.32. The number of azo groups is 1. The number of aromatic amines is 1. The Kier molecular flexibility index (Phi) is 7.58. The molecule has 40 heavy (non-hydrogen) atoms. The number of H-pyrrole nitrogens is 1. The third-order valence-electron chi connectivity index (χ3n) is 6.48. The normalized spacial score (nSPS) is 14.7. The first-order valence-corrected chi connectivity index (χ1v) is 14.0.